The number of hydrogen-bond donors (Lipinski definition) is 0. The molecule has 0 saturated carbocycles. The van der Waals surface area contributed by atoms with Crippen LogP contribution in [0.1, 0.15) is 5.56 Å². The maximum atomic E-state index is 14.1. The fourth-order valence-corrected chi connectivity index (χ4v) is 5.63. The van der Waals surface area contributed by atoms with Crippen molar-refractivity contribution in [2.75, 3.05) is 26.2 Å². The van der Waals surface area contributed by atoms with Crippen LogP contribution in [0.5, 0.6) is 0 Å². The van der Waals surface area contributed by atoms with Crippen molar-refractivity contribution in [3.05, 3.63) is 84.3 Å². The first kappa shape index (κ1) is 20.1. The Balaban J connectivity index is 1.31. The number of rotatable bonds is 4. The minimum atomic E-state index is -3.55. The van der Waals surface area contributed by atoms with E-state index in [1.807, 2.05) is 30.3 Å². The maximum absolute atomic E-state index is 14.1. The van der Waals surface area contributed by atoms with Crippen molar-refractivity contribution in [2.45, 2.75) is 11.4 Å². The smallest absolute Gasteiger partial charge is 0.243 e. The number of pyridine rings is 1. The van der Waals surface area contributed by atoms with E-state index < -0.39 is 10.0 Å². The summed E-state index contributed by atoms with van der Waals surface area (Å²) in [5.74, 6) is -0.279. The molecular formula is C24H22FN3O2S. The van der Waals surface area contributed by atoms with Crippen LogP contribution in [0.4, 0.5) is 4.39 Å². The summed E-state index contributed by atoms with van der Waals surface area (Å²) in [6.07, 6.45) is 1.67. The van der Waals surface area contributed by atoms with E-state index in [1.54, 1.807) is 40.8 Å². The standard InChI is InChI=1S/C24H22FN3O2S/c25-23-10-8-20(24-22(23)6-3-11-26-24)17-27-12-14-28(15-13-27)31(29,30)21-9-7-18-4-1-2-5-19(18)16-21/h1-11,16H,12-15,17H2. The molecule has 0 N–H and O–H groups in total. The van der Waals surface area contributed by atoms with Crippen LogP contribution in [0.15, 0.2) is 77.8 Å². The minimum Gasteiger partial charge on any atom is -0.296 e. The molecular weight excluding hydrogens is 413 g/mol. The molecule has 31 heavy (non-hydrogen) atoms. The Labute approximate surface area is 180 Å². The summed E-state index contributed by atoms with van der Waals surface area (Å²) in [5.41, 5.74) is 1.61. The van der Waals surface area contributed by atoms with E-state index in [4.69, 9.17) is 0 Å². The third kappa shape index (κ3) is 3.80. The predicted octanol–water partition coefficient (Wildman–Crippen LogP) is 4.03. The van der Waals surface area contributed by atoms with Crippen LogP contribution in [-0.2, 0) is 16.6 Å². The van der Waals surface area contributed by atoms with Gasteiger partial charge in [-0.15, -0.1) is 0 Å². The van der Waals surface area contributed by atoms with E-state index in [2.05, 4.69) is 9.88 Å². The van der Waals surface area contributed by atoms with Crippen molar-refractivity contribution in [3.8, 4) is 0 Å². The summed E-state index contributed by atoms with van der Waals surface area (Å²) in [7, 11) is -3.55. The highest BCUT2D eigenvalue weighted by atomic mass is 32.2. The first-order valence-corrected chi connectivity index (χ1v) is 11.7. The predicted molar refractivity (Wildman–Crippen MR) is 120 cm³/mol. The van der Waals surface area contributed by atoms with Crippen molar-refractivity contribution in [1.29, 1.82) is 0 Å². The van der Waals surface area contributed by atoms with Crippen molar-refractivity contribution >= 4 is 31.7 Å². The van der Waals surface area contributed by atoms with Crippen molar-refractivity contribution in [2.24, 2.45) is 0 Å². The van der Waals surface area contributed by atoms with Gasteiger partial charge in [0, 0.05) is 44.3 Å². The molecule has 0 radical (unpaired) electrons. The highest BCUT2D eigenvalue weighted by Gasteiger charge is 2.28. The van der Waals surface area contributed by atoms with Crippen LogP contribution in [0.25, 0.3) is 21.7 Å². The van der Waals surface area contributed by atoms with Crippen LogP contribution in [-0.4, -0.2) is 48.8 Å². The first-order valence-electron chi connectivity index (χ1n) is 10.3. The Morgan fingerprint density at radius 2 is 1.65 bits per heavy atom. The van der Waals surface area contributed by atoms with Gasteiger partial charge in [-0.1, -0.05) is 36.4 Å². The summed E-state index contributed by atoms with van der Waals surface area (Å²) in [4.78, 5) is 6.87. The normalized spacial score (nSPS) is 16.2. The van der Waals surface area contributed by atoms with Crippen molar-refractivity contribution in [3.63, 3.8) is 0 Å². The molecule has 5 rings (SSSR count). The number of fused-ring (bicyclic) bond motifs is 2. The van der Waals surface area contributed by atoms with Gasteiger partial charge in [0.1, 0.15) is 5.82 Å². The van der Waals surface area contributed by atoms with E-state index in [1.165, 1.54) is 6.07 Å². The first-order chi connectivity index (χ1) is 15.0. The zero-order valence-electron chi connectivity index (χ0n) is 16.9. The van der Waals surface area contributed by atoms with Gasteiger partial charge in [0.2, 0.25) is 10.0 Å². The zero-order chi connectivity index (χ0) is 21.4. The van der Waals surface area contributed by atoms with Crippen LogP contribution in [0, 0.1) is 5.82 Å². The molecule has 2 heterocycles. The molecule has 3 aromatic carbocycles. The minimum absolute atomic E-state index is 0.279. The van der Waals surface area contributed by atoms with Crippen LogP contribution >= 0.6 is 0 Å². The molecule has 158 valence electrons. The van der Waals surface area contributed by atoms with Crippen LogP contribution in [0.3, 0.4) is 0 Å². The summed E-state index contributed by atoms with van der Waals surface area (Å²) >= 11 is 0. The molecule has 0 aliphatic carbocycles. The number of nitrogens with zero attached hydrogens (tertiary/aromatic N) is 3. The van der Waals surface area contributed by atoms with E-state index >= 15 is 0 Å². The molecule has 1 fully saturated rings. The third-order valence-electron chi connectivity index (χ3n) is 5.88. The average molecular weight is 436 g/mol. The number of aromatic nitrogens is 1. The van der Waals surface area contributed by atoms with E-state index in [-0.39, 0.29) is 5.82 Å². The van der Waals surface area contributed by atoms with E-state index in [0.29, 0.717) is 48.5 Å². The summed E-state index contributed by atoms with van der Waals surface area (Å²) in [6.45, 7) is 2.66. The maximum Gasteiger partial charge on any atom is 0.243 e. The van der Waals surface area contributed by atoms with E-state index in [9.17, 15) is 12.8 Å². The zero-order valence-corrected chi connectivity index (χ0v) is 17.7. The van der Waals surface area contributed by atoms with Gasteiger partial charge >= 0.3 is 0 Å². The third-order valence-corrected chi connectivity index (χ3v) is 7.78. The summed E-state index contributed by atoms with van der Waals surface area (Å²) < 4.78 is 41.9. The van der Waals surface area contributed by atoms with Crippen LogP contribution in [0.2, 0.25) is 0 Å². The SMILES string of the molecule is O=S(=O)(c1ccc2ccccc2c1)N1CCN(Cc2ccc(F)c3cccnc23)CC1. The fraction of sp³-hybridized carbons (Fsp3) is 0.208. The Morgan fingerprint density at radius 3 is 2.45 bits per heavy atom. The van der Waals surface area contributed by atoms with Gasteiger partial charge in [-0.05, 0) is 46.7 Å². The van der Waals surface area contributed by atoms with Gasteiger partial charge in [0.05, 0.1) is 10.4 Å². The Hall–Kier alpha value is -2.87. The second-order valence-electron chi connectivity index (χ2n) is 7.80. The second kappa shape index (κ2) is 8.00. The van der Waals surface area contributed by atoms with Gasteiger partial charge in [0.15, 0.2) is 0 Å². The Morgan fingerprint density at radius 1 is 0.871 bits per heavy atom. The number of sulfonamides is 1. The average Bonchev–Trinajstić information content (AvgIpc) is 2.81. The molecule has 7 heteroatoms. The lowest BCUT2D eigenvalue weighted by Crippen LogP contribution is -2.48. The van der Waals surface area contributed by atoms with Crippen LogP contribution < -0.4 is 0 Å². The summed E-state index contributed by atoms with van der Waals surface area (Å²) in [6, 6.07) is 19.7. The monoisotopic (exact) mass is 435 g/mol. The van der Waals surface area contributed by atoms with E-state index in [0.717, 1.165) is 16.3 Å². The molecule has 0 bridgehead atoms. The van der Waals surface area contributed by atoms with Gasteiger partial charge < -0.3 is 0 Å². The molecule has 1 aliphatic rings. The number of piperazine rings is 1. The highest BCUT2D eigenvalue weighted by molar-refractivity contribution is 7.89. The number of halogens is 1. The lowest BCUT2D eigenvalue weighted by molar-refractivity contribution is 0.182. The molecule has 0 atom stereocenters. The molecule has 5 nitrogen and oxygen atoms in total. The van der Waals surface area contributed by atoms with Gasteiger partial charge in [-0.2, -0.15) is 4.31 Å². The van der Waals surface area contributed by atoms with Crippen molar-refractivity contribution in [1.82, 2.24) is 14.2 Å². The molecule has 1 aliphatic heterocycles. The van der Waals surface area contributed by atoms with Gasteiger partial charge in [-0.3, -0.25) is 9.88 Å². The topological polar surface area (TPSA) is 53.5 Å². The molecule has 0 amide bonds. The van der Waals surface area contributed by atoms with Gasteiger partial charge in [-0.25, -0.2) is 12.8 Å². The molecule has 4 aromatic rings. The Bertz CT molecular complexity index is 1370. The molecule has 1 aromatic heterocycles. The fourth-order valence-electron chi connectivity index (χ4n) is 4.17. The second-order valence-corrected chi connectivity index (χ2v) is 9.73. The molecule has 0 unspecified atom stereocenters. The number of hydrogen-bond acceptors (Lipinski definition) is 4. The summed E-state index contributed by atoms with van der Waals surface area (Å²) in [5, 5.41) is 2.45. The van der Waals surface area contributed by atoms with Gasteiger partial charge in [0.25, 0.3) is 0 Å². The quantitative estimate of drug-likeness (QED) is 0.486. The Kier molecular flexibility index (Phi) is 5.17. The van der Waals surface area contributed by atoms with Crippen molar-refractivity contribution < 1.29 is 12.8 Å². The lowest BCUT2D eigenvalue weighted by Gasteiger charge is -2.34. The highest BCUT2D eigenvalue weighted by Crippen LogP contribution is 2.25. The molecule has 1 saturated heterocycles. The lowest BCUT2D eigenvalue weighted by atomic mass is 10.1. The molecule has 0 spiro atoms. The number of benzene rings is 3. The largest absolute Gasteiger partial charge is 0.296 e.